The maximum absolute atomic E-state index is 13.6. The van der Waals surface area contributed by atoms with Crippen LogP contribution in [0.5, 0.6) is 0 Å². The van der Waals surface area contributed by atoms with Crippen molar-refractivity contribution in [2.45, 2.75) is 0 Å². The molecule has 21 heavy (non-hydrogen) atoms. The van der Waals surface area contributed by atoms with Crippen molar-refractivity contribution in [2.24, 2.45) is 0 Å². The molecule has 0 fully saturated rings. The highest BCUT2D eigenvalue weighted by molar-refractivity contribution is 9.10. The van der Waals surface area contributed by atoms with Gasteiger partial charge in [-0.25, -0.2) is 9.18 Å². The van der Waals surface area contributed by atoms with Gasteiger partial charge in [-0.2, -0.15) is 0 Å². The maximum Gasteiger partial charge on any atom is 0.335 e. The molecular weight excluding hydrogens is 347 g/mol. The van der Waals surface area contributed by atoms with E-state index in [4.69, 9.17) is 5.11 Å². The molecule has 0 aliphatic rings. The minimum absolute atomic E-state index is 0.00185. The third kappa shape index (κ3) is 3.34. The number of anilines is 2. The lowest BCUT2D eigenvalue weighted by molar-refractivity contribution is -0.383. The summed E-state index contributed by atoms with van der Waals surface area (Å²) in [4.78, 5) is 21.1. The van der Waals surface area contributed by atoms with E-state index < -0.39 is 22.4 Å². The van der Waals surface area contributed by atoms with Gasteiger partial charge in [0, 0.05) is 10.5 Å². The van der Waals surface area contributed by atoms with Crippen molar-refractivity contribution in [1.29, 1.82) is 0 Å². The van der Waals surface area contributed by atoms with E-state index in [1.807, 2.05) is 0 Å². The monoisotopic (exact) mass is 354 g/mol. The summed E-state index contributed by atoms with van der Waals surface area (Å²) in [5.41, 5.74) is -0.631. The molecule has 0 radical (unpaired) electrons. The fraction of sp³-hybridized carbons (Fsp3) is 0. The molecule has 8 heteroatoms. The van der Waals surface area contributed by atoms with E-state index in [1.54, 1.807) is 0 Å². The zero-order chi connectivity index (χ0) is 15.6. The normalized spacial score (nSPS) is 10.2. The highest BCUT2D eigenvalue weighted by Gasteiger charge is 2.18. The summed E-state index contributed by atoms with van der Waals surface area (Å²) in [6, 6.07) is 7.45. The van der Waals surface area contributed by atoms with Gasteiger partial charge >= 0.3 is 5.97 Å². The highest BCUT2D eigenvalue weighted by Crippen LogP contribution is 2.31. The lowest BCUT2D eigenvalue weighted by atomic mass is 10.1. The molecule has 2 aromatic carbocycles. The summed E-state index contributed by atoms with van der Waals surface area (Å²) in [5.74, 6) is -1.87. The Labute approximate surface area is 126 Å². The standard InChI is InChI=1S/C13H8BrFN2O4/c14-8-2-3-9(15)11(6-8)16-10-4-1-7(13(18)19)5-12(10)17(20)21/h1-6,16H,(H,18,19). The van der Waals surface area contributed by atoms with Crippen LogP contribution in [0.4, 0.5) is 21.5 Å². The molecule has 0 aliphatic heterocycles. The molecule has 2 rings (SSSR count). The first-order valence-corrected chi connectivity index (χ1v) is 6.41. The first kappa shape index (κ1) is 14.9. The Hall–Kier alpha value is -2.48. The van der Waals surface area contributed by atoms with Crippen LogP contribution >= 0.6 is 15.9 Å². The molecule has 0 aliphatic carbocycles. The molecule has 0 aromatic heterocycles. The minimum Gasteiger partial charge on any atom is -0.478 e. The zero-order valence-electron chi connectivity index (χ0n) is 10.3. The molecular formula is C13H8BrFN2O4. The molecule has 0 unspecified atom stereocenters. The third-order valence-electron chi connectivity index (χ3n) is 2.64. The van der Waals surface area contributed by atoms with Gasteiger partial charge in [0.05, 0.1) is 16.2 Å². The molecule has 0 heterocycles. The Morgan fingerprint density at radius 1 is 1.24 bits per heavy atom. The lowest BCUT2D eigenvalue weighted by Gasteiger charge is -2.09. The summed E-state index contributed by atoms with van der Waals surface area (Å²) < 4.78 is 14.2. The fourth-order valence-electron chi connectivity index (χ4n) is 1.66. The zero-order valence-corrected chi connectivity index (χ0v) is 11.9. The Kier molecular flexibility index (Phi) is 4.18. The molecule has 0 atom stereocenters. The Balaban J connectivity index is 2.46. The van der Waals surface area contributed by atoms with Crippen LogP contribution in [0.25, 0.3) is 0 Å². The van der Waals surface area contributed by atoms with Crippen LogP contribution in [-0.2, 0) is 0 Å². The molecule has 0 saturated heterocycles. The van der Waals surface area contributed by atoms with Gasteiger partial charge in [-0.1, -0.05) is 15.9 Å². The lowest BCUT2D eigenvalue weighted by Crippen LogP contribution is -2.02. The maximum atomic E-state index is 13.6. The Bertz CT molecular complexity index is 736. The quantitative estimate of drug-likeness (QED) is 0.640. The SMILES string of the molecule is O=C(O)c1ccc(Nc2cc(Br)ccc2F)c([N+](=O)[O-])c1. The molecule has 6 nitrogen and oxygen atoms in total. The average molecular weight is 355 g/mol. The smallest absolute Gasteiger partial charge is 0.335 e. The summed E-state index contributed by atoms with van der Waals surface area (Å²) in [5, 5.41) is 22.4. The van der Waals surface area contributed by atoms with E-state index >= 15 is 0 Å². The van der Waals surface area contributed by atoms with Crippen LogP contribution in [-0.4, -0.2) is 16.0 Å². The van der Waals surface area contributed by atoms with Crippen LogP contribution in [0.15, 0.2) is 40.9 Å². The number of hydrogen-bond donors (Lipinski definition) is 2. The van der Waals surface area contributed by atoms with E-state index in [-0.39, 0.29) is 16.9 Å². The summed E-state index contributed by atoms with van der Waals surface area (Å²) in [7, 11) is 0. The van der Waals surface area contributed by atoms with Gasteiger partial charge in [-0.05, 0) is 30.3 Å². The second-order valence-corrected chi connectivity index (χ2v) is 4.96. The first-order chi connectivity index (χ1) is 9.88. The second-order valence-electron chi connectivity index (χ2n) is 4.04. The number of aromatic carboxylic acids is 1. The summed E-state index contributed by atoms with van der Waals surface area (Å²) >= 11 is 3.17. The molecule has 0 spiro atoms. The van der Waals surface area contributed by atoms with Gasteiger partial charge in [0.1, 0.15) is 11.5 Å². The molecule has 2 aromatic rings. The number of carboxylic acids is 1. The van der Waals surface area contributed by atoms with Crippen LogP contribution in [0.3, 0.4) is 0 Å². The van der Waals surface area contributed by atoms with Crippen molar-refractivity contribution >= 4 is 39.0 Å². The predicted octanol–water partition coefficient (Wildman–Crippen LogP) is 3.94. The van der Waals surface area contributed by atoms with Gasteiger partial charge in [0.15, 0.2) is 0 Å². The van der Waals surface area contributed by atoms with Crippen LogP contribution in [0.2, 0.25) is 0 Å². The van der Waals surface area contributed by atoms with Gasteiger partial charge < -0.3 is 10.4 Å². The highest BCUT2D eigenvalue weighted by atomic mass is 79.9. The number of benzene rings is 2. The summed E-state index contributed by atoms with van der Waals surface area (Å²) in [6.45, 7) is 0. The largest absolute Gasteiger partial charge is 0.478 e. The van der Waals surface area contributed by atoms with Crippen molar-refractivity contribution < 1.29 is 19.2 Å². The Morgan fingerprint density at radius 3 is 2.57 bits per heavy atom. The van der Waals surface area contributed by atoms with Crippen molar-refractivity contribution in [3.8, 4) is 0 Å². The molecule has 2 N–H and O–H groups in total. The van der Waals surface area contributed by atoms with Crippen LogP contribution in [0.1, 0.15) is 10.4 Å². The van der Waals surface area contributed by atoms with Crippen LogP contribution in [0, 0.1) is 15.9 Å². The van der Waals surface area contributed by atoms with E-state index in [0.29, 0.717) is 4.47 Å². The number of nitrogens with zero attached hydrogens (tertiary/aromatic N) is 1. The second kappa shape index (κ2) is 5.88. The van der Waals surface area contributed by atoms with E-state index in [9.17, 15) is 19.3 Å². The van der Waals surface area contributed by atoms with Crippen molar-refractivity contribution in [3.63, 3.8) is 0 Å². The van der Waals surface area contributed by atoms with Crippen molar-refractivity contribution in [3.05, 3.63) is 62.4 Å². The van der Waals surface area contributed by atoms with Gasteiger partial charge in [-0.15, -0.1) is 0 Å². The van der Waals surface area contributed by atoms with Gasteiger partial charge in [-0.3, -0.25) is 10.1 Å². The number of hydrogen-bond acceptors (Lipinski definition) is 4. The number of carboxylic acid groups (broad SMARTS) is 1. The topological polar surface area (TPSA) is 92.5 Å². The van der Waals surface area contributed by atoms with Crippen molar-refractivity contribution in [2.75, 3.05) is 5.32 Å². The van der Waals surface area contributed by atoms with E-state index in [0.717, 1.165) is 6.07 Å². The van der Waals surface area contributed by atoms with E-state index in [2.05, 4.69) is 21.2 Å². The molecule has 0 bridgehead atoms. The fourth-order valence-corrected chi connectivity index (χ4v) is 2.02. The number of nitro groups is 1. The first-order valence-electron chi connectivity index (χ1n) is 5.62. The summed E-state index contributed by atoms with van der Waals surface area (Å²) in [6.07, 6.45) is 0. The number of nitrogens with one attached hydrogen (secondary N) is 1. The predicted molar refractivity (Wildman–Crippen MR) is 77.4 cm³/mol. The Morgan fingerprint density at radius 2 is 1.95 bits per heavy atom. The molecule has 108 valence electrons. The molecule has 0 saturated carbocycles. The van der Waals surface area contributed by atoms with Crippen molar-refractivity contribution in [1.82, 2.24) is 0 Å². The van der Waals surface area contributed by atoms with Crippen LogP contribution < -0.4 is 5.32 Å². The number of carbonyl (C=O) groups is 1. The van der Waals surface area contributed by atoms with Gasteiger partial charge in [0.25, 0.3) is 5.69 Å². The number of halogens is 2. The molecule has 0 amide bonds. The number of nitro benzene ring substituents is 1. The van der Waals surface area contributed by atoms with E-state index in [1.165, 1.54) is 30.3 Å². The minimum atomic E-state index is -1.28. The average Bonchev–Trinajstić information content (AvgIpc) is 2.42. The van der Waals surface area contributed by atoms with Gasteiger partial charge in [0.2, 0.25) is 0 Å². The number of rotatable bonds is 4. The third-order valence-corrected chi connectivity index (χ3v) is 3.13.